The van der Waals surface area contributed by atoms with Crippen molar-refractivity contribution in [3.05, 3.63) is 64.8 Å². The van der Waals surface area contributed by atoms with Crippen molar-refractivity contribution in [2.45, 2.75) is 90.9 Å². The van der Waals surface area contributed by atoms with Gasteiger partial charge >= 0.3 is 5.97 Å². The molecule has 0 radical (unpaired) electrons. The van der Waals surface area contributed by atoms with Crippen LogP contribution in [0.15, 0.2) is 36.5 Å². The third-order valence-electron chi connectivity index (χ3n) is 6.31. The van der Waals surface area contributed by atoms with Crippen molar-refractivity contribution >= 4 is 31.5 Å². The largest absolute Gasteiger partial charge is 0.457 e. The first-order chi connectivity index (χ1) is 18.3. The highest BCUT2D eigenvalue weighted by Crippen LogP contribution is 2.31. The Morgan fingerprint density at radius 2 is 1.97 bits per heavy atom. The number of benzene rings is 1. The predicted molar refractivity (Wildman–Crippen MR) is 157 cm³/mol. The van der Waals surface area contributed by atoms with Gasteiger partial charge in [0, 0.05) is 33.4 Å². The number of rotatable bonds is 11. The first-order valence-electron chi connectivity index (χ1n) is 13.7. The van der Waals surface area contributed by atoms with Gasteiger partial charge in [-0.15, -0.1) is 0 Å². The lowest BCUT2D eigenvalue weighted by atomic mass is 9.88. The molecule has 2 aromatic rings. The first-order valence-corrected chi connectivity index (χ1v) is 17.4. The monoisotopic (exact) mass is 547 g/mol. The Hall–Kier alpha value is -3.28. The van der Waals surface area contributed by atoms with E-state index in [4.69, 9.17) is 9.47 Å². The summed E-state index contributed by atoms with van der Waals surface area (Å²) in [4.78, 5) is 30.0. The number of carbonyl (C=O) groups is 2. The van der Waals surface area contributed by atoms with E-state index in [1.54, 1.807) is 16.8 Å². The summed E-state index contributed by atoms with van der Waals surface area (Å²) in [5, 5.41) is 9.40. The Labute approximate surface area is 233 Å². The number of Topliss-reactive ketones (excluding diaryl/α,β-unsaturated/α-hetero) is 1. The van der Waals surface area contributed by atoms with Crippen LogP contribution in [0.2, 0.25) is 25.7 Å². The van der Waals surface area contributed by atoms with Crippen LogP contribution in [0.25, 0.3) is 11.6 Å². The molecule has 0 N–H and O–H groups in total. The number of imidazole rings is 1. The van der Waals surface area contributed by atoms with Gasteiger partial charge in [-0.1, -0.05) is 37.8 Å². The molecule has 0 spiro atoms. The molecule has 39 heavy (non-hydrogen) atoms. The summed E-state index contributed by atoms with van der Waals surface area (Å²) < 4.78 is 12.9. The molecule has 0 atom stereocenters. The highest BCUT2D eigenvalue weighted by atomic mass is 28.3. The minimum atomic E-state index is -1.24. The summed E-state index contributed by atoms with van der Waals surface area (Å²) in [6.07, 6.45) is 11.4. The molecule has 1 aromatic carbocycles. The second-order valence-electron chi connectivity index (χ2n) is 12.2. The minimum Gasteiger partial charge on any atom is -0.457 e. The van der Waals surface area contributed by atoms with Gasteiger partial charge < -0.3 is 14.0 Å². The molecule has 0 unspecified atom stereocenters. The van der Waals surface area contributed by atoms with Gasteiger partial charge in [0.2, 0.25) is 5.78 Å². The van der Waals surface area contributed by atoms with Crippen LogP contribution in [0.1, 0.15) is 79.5 Å². The van der Waals surface area contributed by atoms with Crippen LogP contribution >= 0.6 is 0 Å². The zero-order valence-electron chi connectivity index (χ0n) is 24.2. The maximum absolute atomic E-state index is 13.5. The SMILES string of the molecule is CC(C)(C)OC(=O)/C=C/c1ccc(CC(=O)c2nc(C#N)cn2COCC[Si](C)(C)C)c(C2=CCCCC2)c1. The van der Waals surface area contributed by atoms with E-state index in [9.17, 15) is 14.9 Å². The number of hydrogen-bond acceptors (Lipinski definition) is 6. The molecule has 7 nitrogen and oxygen atoms in total. The summed E-state index contributed by atoms with van der Waals surface area (Å²) in [6.45, 7) is 13.2. The summed E-state index contributed by atoms with van der Waals surface area (Å²) >= 11 is 0. The maximum Gasteiger partial charge on any atom is 0.331 e. The zero-order valence-corrected chi connectivity index (χ0v) is 25.2. The number of esters is 1. The number of aromatic nitrogens is 2. The zero-order chi connectivity index (χ0) is 28.6. The standard InChI is InChI=1S/C31H41N3O4Si/c1-31(2,3)38-29(36)15-13-23-12-14-25(27(18-23)24-10-8-7-9-11-24)19-28(35)30-33-26(20-32)21-34(30)22-37-16-17-39(4,5)6/h10,12-15,18,21H,7-9,11,16-17,19,22H2,1-6H3/b15-13+. The Morgan fingerprint density at radius 1 is 1.21 bits per heavy atom. The third-order valence-corrected chi connectivity index (χ3v) is 8.01. The minimum absolute atomic E-state index is 0.152. The molecule has 0 saturated carbocycles. The van der Waals surface area contributed by atoms with E-state index >= 15 is 0 Å². The van der Waals surface area contributed by atoms with Gasteiger partial charge in [0.15, 0.2) is 11.5 Å². The van der Waals surface area contributed by atoms with Crippen LogP contribution < -0.4 is 0 Å². The van der Waals surface area contributed by atoms with E-state index in [2.05, 4.69) is 30.7 Å². The first kappa shape index (κ1) is 30.3. The number of allylic oxidation sites excluding steroid dienone is 2. The number of nitriles is 1. The van der Waals surface area contributed by atoms with Gasteiger partial charge in [0.05, 0.1) is 0 Å². The van der Waals surface area contributed by atoms with Crippen LogP contribution in [-0.2, 0) is 27.4 Å². The predicted octanol–water partition coefficient (Wildman–Crippen LogP) is 6.80. The van der Waals surface area contributed by atoms with E-state index in [0.717, 1.165) is 48.4 Å². The van der Waals surface area contributed by atoms with Crippen molar-refractivity contribution in [1.82, 2.24) is 9.55 Å². The number of ether oxygens (including phenoxy) is 2. The molecular weight excluding hydrogens is 506 g/mol. The van der Waals surface area contributed by atoms with E-state index < -0.39 is 19.6 Å². The molecule has 0 saturated heterocycles. The van der Waals surface area contributed by atoms with Gasteiger partial charge in [-0.3, -0.25) is 4.79 Å². The number of hydrogen-bond donors (Lipinski definition) is 0. The lowest BCUT2D eigenvalue weighted by Crippen LogP contribution is -2.22. The normalized spacial score (nSPS) is 14.2. The molecular formula is C31H41N3O4Si. The molecule has 0 amide bonds. The Balaban J connectivity index is 1.84. The molecule has 1 aliphatic carbocycles. The third kappa shape index (κ3) is 9.76. The fourth-order valence-electron chi connectivity index (χ4n) is 4.32. The van der Waals surface area contributed by atoms with Crippen molar-refractivity contribution in [2.24, 2.45) is 0 Å². The molecule has 1 heterocycles. The van der Waals surface area contributed by atoms with Crippen LogP contribution in [0, 0.1) is 11.3 Å². The van der Waals surface area contributed by atoms with Crippen molar-refractivity contribution in [3.63, 3.8) is 0 Å². The van der Waals surface area contributed by atoms with E-state index in [0.29, 0.717) is 6.61 Å². The number of nitrogens with zero attached hydrogens (tertiary/aromatic N) is 3. The molecule has 208 valence electrons. The second kappa shape index (κ2) is 13.2. The second-order valence-corrected chi connectivity index (χ2v) is 17.9. The van der Waals surface area contributed by atoms with Crippen molar-refractivity contribution in [3.8, 4) is 6.07 Å². The van der Waals surface area contributed by atoms with Gasteiger partial charge in [0.25, 0.3) is 0 Å². The molecule has 0 bridgehead atoms. The summed E-state index contributed by atoms with van der Waals surface area (Å²) in [6, 6.07) is 8.94. The maximum atomic E-state index is 13.5. The molecule has 0 aliphatic heterocycles. The molecule has 1 aromatic heterocycles. The smallest absolute Gasteiger partial charge is 0.331 e. The van der Waals surface area contributed by atoms with E-state index in [1.165, 1.54) is 11.6 Å². The van der Waals surface area contributed by atoms with Gasteiger partial charge in [-0.2, -0.15) is 5.26 Å². The van der Waals surface area contributed by atoms with Crippen LogP contribution in [-0.4, -0.2) is 41.6 Å². The fourth-order valence-corrected chi connectivity index (χ4v) is 5.07. The summed E-state index contributed by atoms with van der Waals surface area (Å²) in [5.41, 5.74) is 3.63. The average molecular weight is 548 g/mol. The van der Waals surface area contributed by atoms with Crippen molar-refractivity contribution < 1.29 is 19.1 Å². The lowest BCUT2D eigenvalue weighted by Gasteiger charge is -2.18. The van der Waals surface area contributed by atoms with Crippen molar-refractivity contribution in [2.75, 3.05) is 6.61 Å². The van der Waals surface area contributed by atoms with Crippen molar-refractivity contribution in [1.29, 1.82) is 5.26 Å². The lowest BCUT2D eigenvalue weighted by molar-refractivity contribution is -0.148. The fraction of sp³-hybridized carbons (Fsp3) is 0.484. The highest BCUT2D eigenvalue weighted by molar-refractivity contribution is 6.76. The summed E-state index contributed by atoms with van der Waals surface area (Å²) in [7, 11) is -1.24. The topological polar surface area (TPSA) is 94.2 Å². The molecule has 1 aliphatic rings. The Morgan fingerprint density at radius 3 is 2.62 bits per heavy atom. The van der Waals surface area contributed by atoms with E-state index in [-0.39, 0.29) is 30.5 Å². The van der Waals surface area contributed by atoms with Gasteiger partial charge in [-0.05, 0) is 86.9 Å². The summed E-state index contributed by atoms with van der Waals surface area (Å²) in [5.74, 6) is -0.329. The van der Waals surface area contributed by atoms with Crippen LogP contribution in [0.3, 0.4) is 0 Å². The number of ketones is 1. The molecule has 8 heteroatoms. The highest BCUT2D eigenvalue weighted by Gasteiger charge is 2.20. The van der Waals surface area contributed by atoms with Gasteiger partial charge in [0.1, 0.15) is 18.4 Å². The van der Waals surface area contributed by atoms with E-state index in [1.807, 2.05) is 45.0 Å². The average Bonchev–Trinajstić information content (AvgIpc) is 3.28. The quantitative estimate of drug-likeness (QED) is 0.101. The number of carbonyl (C=O) groups excluding carboxylic acids is 2. The van der Waals surface area contributed by atoms with Crippen LogP contribution in [0.5, 0.6) is 0 Å². The Kier molecular flexibility index (Phi) is 10.2. The van der Waals surface area contributed by atoms with Gasteiger partial charge in [-0.25, -0.2) is 9.78 Å². The molecule has 3 rings (SSSR count). The Bertz CT molecular complexity index is 1290. The van der Waals surface area contributed by atoms with Crippen LogP contribution in [0.4, 0.5) is 0 Å². The molecule has 0 fully saturated rings.